The summed E-state index contributed by atoms with van der Waals surface area (Å²) in [6.07, 6.45) is 4.27. The third-order valence-electron chi connectivity index (χ3n) is 6.59. The van der Waals surface area contributed by atoms with Crippen molar-refractivity contribution in [2.75, 3.05) is 0 Å². The van der Waals surface area contributed by atoms with Crippen molar-refractivity contribution >= 4 is 11.6 Å². The molecule has 0 radical (unpaired) electrons. The highest BCUT2D eigenvalue weighted by Gasteiger charge is 2.48. The summed E-state index contributed by atoms with van der Waals surface area (Å²) in [4.78, 5) is 26.2. The van der Waals surface area contributed by atoms with Gasteiger partial charge in [0.1, 0.15) is 5.92 Å². The predicted octanol–water partition coefficient (Wildman–Crippen LogP) is 5.44. The third kappa shape index (κ3) is 3.05. The summed E-state index contributed by atoms with van der Waals surface area (Å²) in [5.74, 6) is 0.0449. The van der Waals surface area contributed by atoms with Crippen molar-refractivity contribution in [3.05, 3.63) is 58.7 Å². The molecule has 4 rings (SSSR count). The van der Waals surface area contributed by atoms with Crippen LogP contribution in [0, 0.1) is 18.8 Å². The zero-order valence-electron chi connectivity index (χ0n) is 16.5. The Balaban J connectivity index is 1.84. The molecule has 27 heavy (non-hydrogen) atoms. The lowest BCUT2D eigenvalue weighted by molar-refractivity contribution is -0.136. The van der Waals surface area contributed by atoms with Gasteiger partial charge in [0.05, 0.1) is 0 Å². The van der Waals surface area contributed by atoms with Crippen molar-refractivity contribution < 1.29 is 9.59 Å². The van der Waals surface area contributed by atoms with Crippen molar-refractivity contribution in [2.45, 2.75) is 58.8 Å². The molecule has 2 fully saturated rings. The van der Waals surface area contributed by atoms with Gasteiger partial charge in [-0.05, 0) is 66.8 Å². The molecule has 0 saturated heterocycles. The van der Waals surface area contributed by atoms with Crippen LogP contribution in [0.3, 0.4) is 0 Å². The van der Waals surface area contributed by atoms with Gasteiger partial charge >= 0.3 is 0 Å². The number of rotatable bonds is 4. The maximum atomic E-state index is 13.1. The molecule has 2 heteroatoms. The van der Waals surface area contributed by atoms with Gasteiger partial charge in [0.2, 0.25) is 0 Å². The maximum absolute atomic E-state index is 13.1. The molecular weight excluding hydrogens is 332 g/mol. The Bertz CT molecular complexity index is 844. The summed E-state index contributed by atoms with van der Waals surface area (Å²) in [6, 6.07) is 13.0. The molecule has 0 aromatic heterocycles. The van der Waals surface area contributed by atoms with Crippen molar-refractivity contribution in [1.82, 2.24) is 0 Å². The fourth-order valence-corrected chi connectivity index (χ4v) is 5.04. The number of Topliss-reactive ketones (excluding diaryl/α,β-unsaturated/α-hetero) is 2. The van der Waals surface area contributed by atoms with Gasteiger partial charge < -0.3 is 0 Å². The lowest BCUT2D eigenvalue weighted by Gasteiger charge is -2.29. The van der Waals surface area contributed by atoms with Crippen LogP contribution in [0.15, 0.2) is 36.4 Å². The lowest BCUT2D eigenvalue weighted by Crippen LogP contribution is -2.36. The minimum atomic E-state index is -0.520. The second-order valence-corrected chi connectivity index (χ2v) is 8.23. The average molecular weight is 360 g/mol. The van der Waals surface area contributed by atoms with Gasteiger partial charge in [0, 0.05) is 11.8 Å². The Hall–Kier alpha value is -2.22. The van der Waals surface area contributed by atoms with Gasteiger partial charge in [-0.1, -0.05) is 55.8 Å². The zero-order valence-corrected chi connectivity index (χ0v) is 16.5. The summed E-state index contributed by atoms with van der Waals surface area (Å²) < 4.78 is 0. The van der Waals surface area contributed by atoms with E-state index in [1.807, 2.05) is 0 Å². The Labute approximate surface area is 162 Å². The van der Waals surface area contributed by atoms with E-state index >= 15 is 0 Å². The van der Waals surface area contributed by atoms with E-state index < -0.39 is 5.92 Å². The minimum Gasteiger partial charge on any atom is -0.298 e. The number of carbonyl (C=O) groups excluding carboxylic acids is 2. The second-order valence-electron chi connectivity index (χ2n) is 8.23. The van der Waals surface area contributed by atoms with E-state index in [1.165, 1.54) is 16.7 Å². The fraction of sp³-hybridized carbons (Fsp3) is 0.440. The van der Waals surface area contributed by atoms with Crippen molar-refractivity contribution in [1.29, 1.82) is 0 Å². The van der Waals surface area contributed by atoms with E-state index in [2.05, 4.69) is 57.2 Å². The monoisotopic (exact) mass is 360 g/mol. The lowest BCUT2D eigenvalue weighted by atomic mass is 9.72. The first-order chi connectivity index (χ1) is 13.0. The molecule has 0 N–H and O–H groups in total. The van der Waals surface area contributed by atoms with E-state index in [0.29, 0.717) is 0 Å². The van der Waals surface area contributed by atoms with Crippen LogP contribution in [0.2, 0.25) is 0 Å². The summed E-state index contributed by atoms with van der Waals surface area (Å²) in [6.45, 7) is 6.35. The topological polar surface area (TPSA) is 34.1 Å². The van der Waals surface area contributed by atoms with E-state index in [0.717, 1.165) is 48.8 Å². The molecule has 2 aliphatic carbocycles. The van der Waals surface area contributed by atoms with Crippen LogP contribution < -0.4 is 0 Å². The number of aryl methyl sites for hydroxylation is 3. The first-order valence-corrected chi connectivity index (χ1v) is 10.3. The molecule has 0 spiro atoms. The van der Waals surface area contributed by atoms with Crippen LogP contribution >= 0.6 is 0 Å². The quantitative estimate of drug-likeness (QED) is 0.681. The molecule has 2 unspecified atom stereocenters. The summed E-state index contributed by atoms with van der Waals surface area (Å²) >= 11 is 0. The van der Waals surface area contributed by atoms with E-state index in [9.17, 15) is 9.59 Å². The molecule has 2 aliphatic rings. The highest BCUT2D eigenvalue weighted by atomic mass is 16.2. The summed E-state index contributed by atoms with van der Waals surface area (Å²) in [5, 5.41) is 0. The van der Waals surface area contributed by atoms with Gasteiger partial charge in [-0.3, -0.25) is 9.59 Å². The highest BCUT2D eigenvalue weighted by Crippen LogP contribution is 2.46. The first-order valence-electron chi connectivity index (χ1n) is 10.3. The smallest absolute Gasteiger partial charge is 0.150 e. The molecule has 2 aromatic carbocycles. The SMILES string of the molecule is CCc1cc(-c2ccc(C)cc2)cc(CC)c1C1C(=O)C2CCC(C2)C1=O. The van der Waals surface area contributed by atoms with E-state index in [4.69, 9.17) is 0 Å². The van der Waals surface area contributed by atoms with Gasteiger partial charge in [0.15, 0.2) is 11.6 Å². The molecule has 0 heterocycles. The van der Waals surface area contributed by atoms with Gasteiger partial charge in [0.25, 0.3) is 0 Å². The van der Waals surface area contributed by atoms with Gasteiger partial charge in [-0.25, -0.2) is 0 Å². The molecule has 2 nitrogen and oxygen atoms in total. The number of hydrogen-bond acceptors (Lipinski definition) is 2. The molecule has 140 valence electrons. The van der Waals surface area contributed by atoms with Crippen molar-refractivity contribution in [3.8, 4) is 11.1 Å². The second kappa shape index (κ2) is 7.07. The highest BCUT2D eigenvalue weighted by molar-refractivity contribution is 6.12. The van der Waals surface area contributed by atoms with Crippen LogP contribution in [0.1, 0.15) is 61.3 Å². The van der Waals surface area contributed by atoms with Crippen LogP contribution in [-0.4, -0.2) is 11.6 Å². The Morgan fingerprint density at radius 2 is 1.33 bits per heavy atom. The van der Waals surface area contributed by atoms with Crippen LogP contribution in [0.5, 0.6) is 0 Å². The molecule has 2 saturated carbocycles. The number of ketones is 2. The fourth-order valence-electron chi connectivity index (χ4n) is 5.04. The predicted molar refractivity (Wildman–Crippen MR) is 109 cm³/mol. The largest absolute Gasteiger partial charge is 0.298 e. The molecule has 0 aliphatic heterocycles. The summed E-state index contributed by atoms with van der Waals surface area (Å²) in [5.41, 5.74) is 6.98. The third-order valence-corrected chi connectivity index (χ3v) is 6.59. The van der Waals surface area contributed by atoms with Crippen molar-refractivity contribution in [3.63, 3.8) is 0 Å². The molecular formula is C25H28O2. The first kappa shape index (κ1) is 18.2. The van der Waals surface area contributed by atoms with Gasteiger partial charge in [-0.2, -0.15) is 0 Å². The molecule has 0 amide bonds. The zero-order chi connectivity index (χ0) is 19.1. The van der Waals surface area contributed by atoms with Gasteiger partial charge in [-0.15, -0.1) is 0 Å². The maximum Gasteiger partial charge on any atom is 0.150 e. The van der Waals surface area contributed by atoms with Crippen LogP contribution in [-0.2, 0) is 22.4 Å². The number of hydrogen-bond donors (Lipinski definition) is 0. The van der Waals surface area contributed by atoms with Crippen molar-refractivity contribution in [2.24, 2.45) is 11.8 Å². The standard InChI is InChI=1S/C25H28O2/c1-4-16-12-21(18-8-6-15(3)7-9-18)13-17(5-2)22(16)23-24(26)19-10-11-20(14-19)25(23)27/h6-9,12-13,19-20,23H,4-5,10-11,14H2,1-3H3. The normalized spacial score (nSPS) is 24.5. The number of carbonyl (C=O) groups is 2. The molecule has 2 bridgehead atoms. The van der Waals surface area contributed by atoms with Crippen LogP contribution in [0.4, 0.5) is 0 Å². The average Bonchev–Trinajstić information content (AvgIpc) is 3.14. The Morgan fingerprint density at radius 1 is 0.815 bits per heavy atom. The van der Waals surface area contributed by atoms with E-state index in [-0.39, 0.29) is 23.4 Å². The molecule has 2 atom stereocenters. The number of fused-ring (bicyclic) bond motifs is 2. The minimum absolute atomic E-state index is 0.101. The number of benzene rings is 2. The van der Waals surface area contributed by atoms with E-state index in [1.54, 1.807) is 0 Å². The Morgan fingerprint density at radius 3 is 1.81 bits per heavy atom. The summed E-state index contributed by atoms with van der Waals surface area (Å²) in [7, 11) is 0. The van der Waals surface area contributed by atoms with Crippen LogP contribution in [0.25, 0.3) is 11.1 Å². The Kier molecular flexibility index (Phi) is 4.75. The molecule has 2 aromatic rings.